The molecule has 15 rings (SSSR count). The van der Waals surface area contributed by atoms with Crippen LogP contribution >= 0.6 is 0 Å². The van der Waals surface area contributed by atoms with E-state index in [1.165, 1.54) is 34.1 Å². The number of urea groups is 2. The molecule has 3 aromatic carbocycles. The maximum Gasteiger partial charge on any atom is 0.414 e. The quantitative estimate of drug-likeness (QED) is 0.108. The summed E-state index contributed by atoms with van der Waals surface area (Å²) in [5.41, 5.74) is 6.91. The second kappa shape index (κ2) is 24.5. The van der Waals surface area contributed by atoms with Crippen LogP contribution in [0.1, 0.15) is 77.7 Å². The molecule has 490 valence electrons. The predicted octanol–water partition coefficient (Wildman–Crippen LogP) is 11.1. The molecule has 2 aliphatic carbocycles. The van der Waals surface area contributed by atoms with Gasteiger partial charge in [-0.05, 0) is 103 Å². The zero-order valence-corrected chi connectivity index (χ0v) is 50.8. The molecule has 0 bridgehead atoms. The number of amides is 4. The molecule has 9 aromatic rings. The summed E-state index contributed by atoms with van der Waals surface area (Å²) < 4.78 is 124. The lowest BCUT2D eigenvalue weighted by Gasteiger charge is -2.38. The minimum Gasteiger partial charge on any atom is -0.383 e. The van der Waals surface area contributed by atoms with Gasteiger partial charge in [0.25, 0.3) is 0 Å². The number of alkyl halides is 6. The molecule has 2 fully saturated rings. The zero-order valence-electron chi connectivity index (χ0n) is 50.8. The number of aliphatic hydroxyl groups excluding tert-OH is 1. The molecule has 10 heterocycles. The number of allylic oxidation sites excluding steroid dienone is 4. The Kier molecular flexibility index (Phi) is 16.2. The molecule has 4 aliphatic heterocycles. The number of ether oxygens (including phenoxy) is 1. The first-order valence-corrected chi connectivity index (χ1v) is 31.2. The Morgan fingerprint density at radius 2 is 0.958 bits per heavy atom. The van der Waals surface area contributed by atoms with Gasteiger partial charge in [-0.15, -0.1) is 0 Å². The molecular formula is C69H60F8N10O8. The first kappa shape index (κ1) is 62.6. The van der Waals surface area contributed by atoms with E-state index in [1.807, 2.05) is 21.3 Å². The molecule has 0 radical (unpaired) electrons. The Labute approximate surface area is 535 Å². The number of imidazole rings is 2. The highest BCUT2D eigenvalue weighted by Gasteiger charge is 2.48. The van der Waals surface area contributed by atoms with Crippen LogP contribution in [-0.2, 0) is 56.7 Å². The number of likely N-dealkylation sites (tertiary alicyclic amines) is 2. The van der Waals surface area contributed by atoms with Crippen LogP contribution in [0.25, 0.3) is 55.4 Å². The molecule has 6 aromatic heterocycles. The van der Waals surface area contributed by atoms with Crippen LogP contribution in [0.15, 0.2) is 128 Å². The van der Waals surface area contributed by atoms with Gasteiger partial charge in [0, 0.05) is 123 Å². The molecule has 4 amide bonds. The Morgan fingerprint density at radius 3 is 1.40 bits per heavy atom. The minimum atomic E-state index is -4.71. The standard InChI is InChI=1S/C38H33F4N5O4.C31H27F4N5O4/c39-26-16-25-20-46(37(50)44-12-9-24(10-13-44)36(38(40,41)42)51-22-23-6-2-1-3-7-23)15-14-45-21-28(27(17-26)35(25)45)33-30(48)18-31(49)34(33)29-19-43-32-8-4-5-11-47(29)32;32-19-11-18-15-39(30(44)37-7-4-17(5-8-37)29(43)31(33,34)35)10-9-38-16-21(20(12-19)28(18)38)26-23(41)13-24(42)27(26)22-14-36-25-3-1-2-6-40(22)25/h1-8,11,16-17,19,21,24,36H,9-10,12-15,18,20,22H2;1-3,6,11-12,14,16-17,29,43H,4-5,7-10,13,15H2. The summed E-state index contributed by atoms with van der Waals surface area (Å²) in [6, 6.07) is 24.2. The van der Waals surface area contributed by atoms with Gasteiger partial charge in [0.05, 0.1) is 65.4 Å². The highest BCUT2D eigenvalue weighted by atomic mass is 19.4. The van der Waals surface area contributed by atoms with Gasteiger partial charge in [-0.25, -0.2) is 28.3 Å². The van der Waals surface area contributed by atoms with Gasteiger partial charge in [0.1, 0.15) is 22.9 Å². The molecule has 95 heavy (non-hydrogen) atoms. The van der Waals surface area contributed by atoms with E-state index < -0.39 is 48.0 Å². The number of carbonyl (C=O) groups is 6. The van der Waals surface area contributed by atoms with E-state index >= 15 is 8.78 Å². The Hall–Kier alpha value is -9.82. The lowest BCUT2D eigenvalue weighted by Crippen LogP contribution is -2.50. The lowest BCUT2D eigenvalue weighted by atomic mass is 9.90. The second-order valence-electron chi connectivity index (χ2n) is 24.9. The number of halogens is 8. The van der Waals surface area contributed by atoms with Crippen molar-refractivity contribution in [2.24, 2.45) is 11.8 Å². The van der Waals surface area contributed by atoms with Crippen molar-refractivity contribution in [3.05, 3.63) is 179 Å². The number of Topliss-reactive ketones (excluding diaryl/α,β-unsaturated/α-hetero) is 4. The largest absolute Gasteiger partial charge is 0.414 e. The number of benzene rings is 3. The topological polar surface area (TPSA) is 189 Å². The van der Waals surface area contributed by atoms with E-state index in [-0.39, 0.29) is 155 Å². The molecule has 2 atom stereocenters. The number of pyridine rings is 2. The first-order valence-electron chi connectivity index (χ1n) is 31.2. The molecule has 0 saturated carbocycles. The van der Waals surface area contributed by atoms with Crippen molar-refractivity contribution < 1.29 is 73.7 Å². The van der Waals surface area contributed by atoms with Crippen LogP contribution in [0, 0.1) is 23.5 Å². The third-order valence-electron chi connectivity index (χ3n) is 19.1. The first-order chi connectivity index (χ1) is 45.6. The summed E-state index contributed by atoms with van der Waals surface area (Å²) in [5.74, 6) is -4.32. The number of aliphatic hydroxyl groups is 1. The van der Waals surface area contributed by atoms with Crippen molar-refractivity contribution in [1.82, 2.24) is 47.5 Å². The van der Waals surface area contributed by atoms with Crippen LogP contribution in [0.2, 0.25) is 0 Å². The molecular weight excluding hydrogens is 1250 g/mol. The van der Waals surface area contributed by atoms with Gasteiger partial charge in [-0.2, -0.15) is 26.3 Å². The van der Waals surface area contributed by atoms with E-state index in [0.29, 0.717) is 85.4 Å². The van der Waals surface area contributed by atoms with Gasteiger partial charge in [0.2, 0.25) is 0 Å². The van der Waals surface area contributed by atoms with Crippen molar-refractivity contribution in [3.63, 3.8) is 0 Å². The third-order valence-corrected chi connectivity index (χ3v) is 19.1. The maximum absolute atomic E-state index is 15.3. The number of aromatic nitrogens is 6. The van der Waals surface area contributed by atoms with E-state index in [1.54, 1.807) is 110 Å². The molecule has 6 aliphatic rings. The van der Waals surface area contributed by atoms with Gasteiger partial charge >= 0.3 is 24.4 Å². The van der Waals surface area contributed by atoms with Crippen molar-refractivity contribution in [2.75, 3.05) is 39.3 Å². The Balaban J connectivity index is 0.000000165. The SMILES string of the molecule is O=C1CC(=O)C(c2cnc3ccccn23)=C1c1cn2c3c(cc(F)cc13)CN(C(=O)N1CCC(C(O)C(F)(F)F)CC1)CC2.O=C1CC(=O)C(c2cnc3ccccn23)=C1c1cn2c3c(cc(F)cc13)CN(C(=O)N1CCC(C(OCc3ccccc3)C(F)(F)F)CC1)CC2. The molecule has 18 nitrogen and oxygen atoms in total. The van der Waals surface area contributed by atoms with Crippen molar-refractivity contribution in [2.45, 2.75) is 95.9 Å². The van der Waals surface area contributed by atoms with Gasteiger partial charge < -0.3 is 38.6 Å². The molecule has 2 saturated heterocycles. The van der Waals surface area contributed by atoms with Crippen molar-refractivity contribution >= 4 is 90.6 Å². The molecule has 1 N–H and O–H groups in total. The van der Waals surface area contributed by atoms with Gasteiger partial charge in [-0.1, -0.05) is 42.5 Å². The Bertz CT molecular complexity index is 4680. The minimum absolute atomic E-state index is 0.0184. The second-order valence-corrected chi connectivity index (χ2v) is 24.9. The van der Waals surface area contributed by atoms with E-state index in [0.717, 1.165) is 0 Å². The lowest BCUT2D eigenvalue weighted by molar-refractivity contribution is -0.243. The highest BCUT2D eigenvalue weighted by Crippen LogP contribution is 2.44. The number of carbonyl (C=O) groups excluding carboxylic acids is 6. The highest BCUT2D eigenvalue weighted by molar-refractivity contribution is 6.52. The summed E-state index contributed by atoms with van der Waals surface area (Å²) >= 11 is 0. The average Bonchev–Trinajstić information content (AvgIpc) is 1.59. The molecule has 26 heteroatoms. The maximum atomic E-state index is 15.3. The summed E-state index contributed by atoms with van der Waals surface area (Å²) in [4.78, 5) is 95.4. The van der Waals surface area contributed by atoms with Crippen LogP contribution in [0.3, 0.4) is 0 Å². The van der Waals surface area contributed by atoms with Gasteiger partial charge in [0.15, 0.2) is 35.3 Å². The monoisotopic (exact) mass is 1310 g/mol. The van der Waals surface area contributed by atoms with Crippen molar-refractivity contribution in [3.8, 4) is 0 Å². The number of fused-ring (bicyclic) bond motifs is 2. The fraction of sp³-hybridized carbons (Fsp3) is 0.333. The number of hydrogen-bond acceptors (Lipinski definition) is 10. The van der Waals surface area contributed by atoms with Crippen LogP contribution in [0.5, 0.6) is 0 Å². The van der Waals surface area contributed by atoms with Gasteiger partial charge in [-0.3, -0.25) is 28.0 Å². The van der Waals surface area contributed by atoms with Crippen LogP contribution in [-0.4, -0.2) is 152 Å². The van der Waals surface area contributed by atoms with E-state index in [4.69, 9.17) is 4.74 Å². The smallest absolute Gasteiger partial charge is 0.383 e. The number of rotatable bonds is 9. The van der Waals surface area contributed by atoms with Crippen molar-refractivity contribution in [1.29, 1.82) is 0 Å². The summed E-state index contributed by atoms with van der Waals surface area (Å²) in [5, 5.41) is 10.5. The fourth-order valence-corrected chi connectivity index (χ4v) is 14.6. The molecule has 0 spiro atoms. The summed E-state index contributed by atoms with van der Waals surface area (Å²) in [6.45, 7) is 1.46. The number of hydrogen-bond donors (Lipinski definition) is 1. The zero-order chi connectivity index (χ0) is 66.4. The number of piperidine rings is 2. The van der Waals surface area contributed by atoms with Crippen LogP contribution in [0.4, 0.5) is 44.7 Å². The van der Waals surface area contributed by atoms with E-state index in [9.17, 15) is 60.2 Å². The normalized spacial score (nSPS) is 18.5. The predicted molar refractivity (Wildman–Crippen MR) is 330 cm³/mol. The number of ketones is 4. The third kappa shape index (κ3) is 11.6. The average molecular weight is 1310 g/mol. The summed E-state index contributed by atoms with van der Waals surface area (Å²) in [7, 11) is 0. The van der Waals surface area contributed by atoms with Crippen LogP contribution < -0.4 is 0 Å². The summed E-state index contributed by atoms with van der Waals surface area (Å²) in [6.07, 6.45) is -3.86. The Morgan fingerprint density at radius 1 is 0.526 bits per heavy atom. The fourth-order valence-electron chi connectivity index (χ4n) is 14.6. The van der Waals surface area contributed by atoms with E-state index in [2.05, 4.69) is 9.97 Å². The molecule has 2 unspecified atom stereocenters. The number of nitrogens with zero attached hydrogens (tertiary/aromatic N) is 10.